The van der Waals surface area contributed by atoms with Gasteiger partial charge in [-0.2, -0.15) is 0 Å². The Morgan fingerprint density at radius 2 is 1.90 bits per heavy atom. The molecule has 6 nitrogen and oxygen atoms in total. The van der Waals surface area contributed by atoms with Crippen LogP contribution in [0.1, 0.15) is 43.7 Å². The number of benzene rings is 1. The highest BCUT2D eigenvalue weighted by atomic mass is 127. The summed E-state index contributed by atoms with van der Waals surface area (Å²) in [6, 6.07) is 8.73. The van der Waals surface area contributed by atoms with Gasteiger partial charge in [-0.1, -0.05) is 44.0 Å². The lowest BCUT2D eigenvalue weighted by molar-refractivity contribution is 0.0341. The highest BCUT2D eigenvalue weighted by Gasteiger charge is 2.36. The second-order valence-corrected chi connectivity index (χ2v) is 9.26. The minimum absolute atomic E-state index is 0. The molecule has 2 atom stereocenters. The number of nitrogens with one attached hydrogen (secondary N) is 2. The van der Waals surface area contributed by atoms with Crippen molar-refractivity contribution in [2.45, 2.75) is 51.2 Å². The molecule has 1 saturated carbocycles. The van der Waals surface area contributed by atoms with E-state index in [1.54, 1.807) is 0 Å². The Morgan fingerprint density at radius 3 is 2.55 bits per heavy atom. The standard InChI is InChI=1S/C24H41N5O.HI/c1-20-8-7-11-24(16-20,28(3)4)19-27-23(25-2)26-17-21-9-5-6-10-22(21)18-29-12-14-30-15-13-29;/h5-6,9-10,20H,7-8,11-19H2,1-4H3,(H2,25,26,27);1H. The van der Waals surface area contributed by atoms with Crippen molar-refractivity contribution in [2.75, 3.05) is 54.0 Å². The van der Waals surface area contributed by atoms with Crippen LogP contribution in [0.3, 0.4) is 0 Å². The summed E-state index contributed by atoms with van der Waals surface area (Å²) in [6.07, 6.45) is 5.15. The lowest BCUT2D eigenvalue weighted by Crippen LogP contribution is -2.56. The van der Waals surface area contributed by atoms with Crippen LogP contribution in [0.5, 0.6) is 0 Å². The van der Waals surface area contributed by atoms with Gasteiger partial charge in [-0.3, -0.25) is 9.89 Å². The van der Waals surface area contributed by atoms with Gasteiger partial charge in [0.25, 0.3) is 0 Å². The van der Waals surface area contributed by atoms with E-state index in [1.807, 2.05) is 7.05 Å². The van der Waals surface area contributed by atoms with E-state index >= 15 is 0 Å². The number of morpholine rings is 1. The molecule has 1 aromatic rings. The first-order chi connectivity index (χ1) is 14.5. The summed E-state index contributed by atoms with van der Waals surface area (Å²) in [5, 5.41) is 7.17. The summed E-state index contributed by atoms with van der Waals surface area (Å²) in [6.45, 7) is 8.77. The van der Waals surface area contributed by atoms with E-state index in [0.717, 1.165) is 57.8 Å². The molecule has 1 aliphatic carbocycles. The second-order valence-electron chi connectivity index (χ2n) is 9.26. The minimum atomic E-state index is 0. The maximum absolute atomic E-state index is 5.49. The highest BCUT2D eigenvalue weighted by molar-refractivity contribution is 14.0. The molecule has 176 valence electrons. The van der Waals surface area contributed by atoms with Crippen LogP contribution in [-0.2, 0) is 17.8 Å². The van der Waals surface area contributed by atoms with Crippen LogP contribution >= 0.6 is 24.0 Å². The molecule has 3 rings (SSSR count). The van der Waals surface area contributed by atoms with E-state index in [1.165, 1.54) is 36.8 Å². The smallest absolute Gasteiger partial charge is 0.191 e. The number of likely N-dealkylation sites (N-methyl/N-ethyl adjacent to an activating group) is 1. The molecular weight excluding hydrogens is 501 g/mol. The fourth-order valence-electron chi connectivity index (χ4n) is 4.89. The number of hydrogen-bond donors (Lipinski definition) is 2. The lowest BCUT2D eigenvalue weighted by atomic mass is 9.75. The van der Waals surface area contributed by atoms with Gasteiger partial charge in [0.2, 0.25) is 0 Å². The highest BCUT2D eigenvalue weighted by Crippen LogP contribution is 2.35. The molecule has 0 spiro atoms. The van der Waals surface area contributed by atoms with Crippen molar-refractivity contribution in [1.29, 1.82) is 0 Å². The number of nitrogens with zero attached hydrogens (tertiary/aromatic N) is 3. The molecule has 0 radical (unpaired) electrons. The molecule has 1 aromatic carbocycles. The Bertz CT molecular complexity index is 692. The SMILES string of the molecule is CN=C(NCc1ccccc1CN1CCOCC1)NCC1(N(C)C)CCCC(C)C1.I. The number of rotatable bonds is 7. The third-order valence-electron chi connectivity index (χ3n) is 6.89. The van der Waals surface area contributed by atoms with E-state index in [0.29, 0.717) is 0 Å². The number of guanidine groups is 1. The van der Waals surface area contributed by atoms with Gasteiger partial charge >= 0.3 is 0 Å². The van der Waals surface area contributed by atoms with Crippen LogP contribution in [-0.4, -0.2) is 75.3 Å². The number of hydrogen-bond acceptors (Lipinski definition) is 4. The van der Waals surface area contributed by atoms with Gasteiger partial charge in [-0.25, -0.2) is 0 Å². The normalized spacial score (nSPS) is 25.2. The summed E-state index contributed by atoms with van der Waals surface area (Å²) in [5.74, 6) is 1.67. The summed E-state index contributed by atoms with van der Waals surface area (Å²) >= 11 is 0. The maximum Gasteiger partial charge on any atom is 0.191 e. The van der Waals surface area contributed by atoms with Gasteiger partial charge in [-0.05, 0) is 44.0 Å². The zero-order valence-corrected chi connectivity index (χ0v) is 22.2. The predicted octanol–water partition coefficient (Wildman–Crippen LogP) is 3.31. The Hall–Kier alpha value is -0.900. The zero-order chi connectivity index (χ0) is 21.4. The van der Waals surface area contributed by atoms with Gasteiger partial charge in [0.15, 0.2) is 5.96 Å². The van der Waals surface area contributed by atoms with Gasteiger partial charge in [0, 0.05) is 45.3 Å². The molecular formula is C24H42IN5O. The van der Waals surface area contributed by atoms with E-state index in [2.05, 4.69) is 70.7 Å². The molecule has 7 heteroatoms. The fraction of sp³-hybridized carbons (Fsp3) is 0.708. The van der Waals surface area contributed by atoms with Gasteiger partial charge in [0.1, 0.15) is 0 Å². The summed E-state index contributed by atoms with van der Waals surface area (Å²) in [7, 11) is 6.30. The second kappa shape index (κ2) is 13.0. The van der Waals surface area contributed by atoms with Crippen LogP contribution in [0.2, 0.25) is 0 Å². The Kier molecular flexibility index (Phi) is 11.0. The molecule has 0 aromatic heterocycles. The molecule has 2 aliphatic rings. The first-order valence-electron chi connectivity index (χ1n) is 11.5. The number of halogens is 1. The van der Waals surface area contributed by atoms with Crippen LogP contribution in [0.25, 0.3) is 0 Å². The Labute approximate surface area is 206 Å². The fourth-order valence-corrected chi connectivity index (χ4v) is 4.89. The van der Waals surface area contributed by atoms with E-state index < -0.39 is 0 Å². The molecule has 31 heavy (non-hydrogen) atoms. The van der Waals surface area contributed by atoms with Crippen molar-refractivity contribution < 1.29 is 4.74 Å². The number of aliphatic imine (C=N–C) groups is 1. The van der Waals surface area contributed by atoms with E-state index in [4.69, 9.17) is 4.74 Å². The molecule has 1 heterocycles. The van der Waals surface area contributed by atoms with Crippen molar-refractivity contribution in [3.8, 4) is 0 Å². The summed E-state index contributed by atoms with van der Waals surface area (Å²) < 4.78 is 5.49. The summed E-state index contributed by atoms with van der Waals surface area (Å²) in [4.78, 5) is 9.38. The zero-order valence-electron chi connectivity index (χ0n) is 19.8. The van der Waals surface area contributed by atoms with Crippen molar-refractivity contribution >= 4 is 29.9 Å². The average Bonchev–Trinajstić information content (AvgIpc) is 2.75. The molecule has 1 aliphatic heterocycles. The van der Waals surface area contributed by atoms with Crippen LogP contribution in [0.15, 0.2) is 29.3 Å². The molecule has 2 unspecified atom stereocenters. The lowest BCUT2D eigenvalue weighted by Gasteiger charge is -2.45. The van der Waals surface area contributed by atoms with Crippen molar-refractivity contribution in [1.82, 2.24) is 20.4 Å². The van der Waals surface area contributed by atoms with E-state index in [9.17, 15) is 0 Å². The molecule has 2 fully saturated rings. The first kappa shape index (κ1) is 26.4. The largest absolute Gasteiger partial charge is 0.379 e. The van der Waals surface area contributed by atoms with Gasteiger partial charge in [0.05, 0.1) is 13.2 Å². The molecule has 1 saturated heterocycles. The minimum Gasteiger partial charge on any atom is -0.379 e. The Morgan fingerprint density at radius 1 is 1.19 bits per heavy atom. The number of ether oxygens (including phenoxy) is 1. The third-order valence-corrected chi connectivity index (χ3v) is 6.89. The summed E-state index contributed by atoms with van der Waals surface area (Å²) in [5.41, 5.74) is 2.93. The molecule has 0 amide bonds. The first-order valence-corrected chi connectivity index (χ1v) is 11.5. The van der Waals surface area contributed by atoms with Crippen molar-refractivity contribution in [3.63, 3.8) is 0 Å². The third kappa shape index (κ3) is 7.58. The molecule has 2 N–H and O–H groups in total. The van der Waals surface area contributed by atoms with Gasteiger partial charge in [-0.15, -0.1) is 24.0 Å². The van der Waals surface area contributed by atoms with Crippen molar-refractivity contribution in [3.05, 3.63) is 35.4 Å². The molecule has 0 bridgehead atoms. The maximum atomic E-state index is 5.49. The predicted molar refractivity (Wildman–Crippen MR) is 140 cm³/mol. The monoisotopic (exact) mass is 543 g/mol. The Balaban J connectivity index is 0.00000341. The quantitative estimate of drug-likeness (QED) is 0.314. The van der Waals surface area contributed by atoms with E-state index in [-0.39, 0.29) is 29.5 Å². The van der Waals surface area contributed by atoms with Crippen LogP contribution < -0.4 is 10.6 Å². The topological polar surface area (TPSA) is 52.1 Å². The van der Waals surface area contributed by atoms with Crippen LogP contribution in [0, 0.1) is 5.92 Å². The van der Waals surface area contributed by atoms with Crippen molar-refractivity contribution in [2.24, 2.45) is 10.9 Å². The average molecular weight is 544 g/mol. The van der Waals surface area contributed by atoms with Crippen LogP contribution in [0.4, 0.5) is 0 Å². The van der Waals surface area contributed by atoms with Gasteiger partial charge < -0.3 is 20.3 Å².